The molecule has 0 aromatic rings. The van der Waals surface area contributed by atoms with E-state index in [1.165, 1.54) is 0 Å². The fourth-order valence-corrected chi connectivity index (χ4v) is 1.61. The molecular weight excluding hydrogens is 227 g/mol. The predicted octanol–water partition coefficient (Wildman–Crippen LogP) is 1.61. The van der Waals surface area contributed by atoms with E-state index in [9.17, 15) is 0 Å². The van der Waals surface area contributed by atoms with Crippen LogP contribution >= 0.6 is 22.9 Å². The summed E-state index contributed by atoms with van der Waals surface area (Å²) in [5.74, 6) is 0. The van der Waals surface area contributed by atoms with Gasteiger partial charge in [0, 0.05) is 22.9 Å². The molecule has 0 aromatic heterocycles. The summed E-state index contributed by atoms with van der Waals surface area (Å²) >= 11 is 2.20. The molecule has 2 nitrogen and oxygen atoms in total. The average molecular weight is 242 g/mol. The van der Waals surface area contributed by atoms with Gasteiger partial charge < -0.3 is 0 Å². The first kappa shape index (κ1) is 9.65. The van der Waals surface area contributed by atoms with Crippen molar-refractivity contribution in [2.75, 3.05) is 13.6 Å². The van der Waals surface area contributed by atoms with Gasteiger partial charge in [0.25, 0.3) is 0 Å². The van der Waals surface area contributed by atoms with Gasteiger partial charge in [0.15, 0.2) is 0 Å². The SMILES string of the molecule is CCC(NI)N(C)CC. The molecule has 0 spiro atoms. The highest BCUT2D eigenvalue weighted by molar-refractivity contribution is 14.1. The summed E-state index contributed by atoms with van der Waals surface area (Å²) in [7, 11) is 2.12. The average Bonchev–Trinajstić information content (AvgIpc) is 1.90. The summed E-state index contributed by atoms with van der Waals surface area (Å²) in [5, 5.41) is 0. The third-order valence-electron chi connectivity index (χ3n) is 1.54. The Morgan fingerprint density at radius 2 is 2.11 bits per heavy atom. The van der Waals surface area contributed by atoms with Gasteiger partial charge in [-0.2, -0.15) is 0 Å². The van der Waals surface area contributed by atoms with Gasteiger partial charge in [-0.15, -0.1) is 0 Å². The van der Waals surface area contributed by atoms with Gasteiger partial charge in [-0.3, -0.25) is 4.90 Å². The first-order valence-electron chi connectivity index (χ1n) is 3.32. The van der Waals surface area contributed by atoms with Crippen molar-refractivity contribution in [1.82, 2.24) is 8.43 Å². The van der Waals surface area contributed by atoms with Crippen LogP contribution in [0, 0.1) is 0 Å². The lowest BCUT2D eigenvalue weighted by atomic mass is 10.3. The van der Waals surface area contributed by atoms with E-state index in [1.54, 1.807) is 0 Å². The van der Waals surface area contributed by atoms with Crippen molar-refractivity contribution in [2.24, 2.45) is 0 Å². The minimum atomic E-state index is 0.538. The summed E-state index contributed by atoms with van der Waals surface area (Å²) in [6.07, 6.45) is 1.70. The molecule has 0 aliphatic carbocycles. The largest absolute Gasteiger partial charge is 0.291 e. The molecule has 0 aliphatic rings. The Hall–Kier alpha value is 0.650. The molecule has 1 unspecified atom stereocenters. The van der Waals surface area contributed by atoms with E-state index in [0.717, 1.165) is 13.0 Å². The maximum absolute atomic E-state index is 3.20. The van der Waals surface area contributed by atoms with E-state index in [1.807, 2.05) is 0 Å². The van der Waals surface area contributed by atoms with Crippen LogP contribution in [-0.2, 0) is 0 Å². The lowest BCUT2D eigenvalue weighted by Crippen LogP contribution is -2.38. The minimum absolute atomic E-state index is 0.538. The summed E-state index contributed by atoms with van der Waals surface area (Å²) in [6.45, 7) is 5.45. The van der Waals surface area contributed by atoms with E-state index in [2.05, 4.69) is 52.2 Å². The van der Waals surface area contributed by atoms with Crippen molar-refractivity contribution >= 4 is 22.9 Å². The molecule has 0 fully saturated rings. The monoisotopic (exact) mass is 242 g/mol. The predicted molar refractivity (Wildman–Crippen MR) is 49.5 cm³/mol. The molecule has 0 amide bonds. The second-order valence-electron chi connectivity index (χ2n) is 2.11. The van der Waals surface area contributed by atoms with E-state index in [4.69, 9.17) is 0 Å². The van der Waals surface area contributed by atoms with Gasteiger partial charge >= 0.3 is 0 Å². The minimum Gasteiger partial charge on any atom is -0.291 e. The first-order valence-corrected chi connectivity index (χ1v) is 4.40. The Morgan fingerprint density at radius 3 is 2.22 bits per heavy atom. The highest BCUT2D eigenvalue weighted by atomic mass is 127. The molecule has 1 atom stereocenters. The zero-order valence-corrected chi connectivity index (χ0v) is 8.47. The van der Waals surface area contributed by atoms with Crippen LogP contribution in [0.1, 0.15) is 20.3 Å². The smallest absolute Gasteiger partial charge is 0.0679 e. The summed E-state index contributed by atoms with van der Waals surface area (Å²) in [4.78, 5) is 2.28. The number of hydrogen-bond donors (Lipinski definition) is 1. The normalized spacial score (nSPS) is 14.3. The molecule has 0 saturated heterocycles. The lowest BCUT2D eigenvalue weighted by Gasteiger charge is -2.23. The highest BCUT2D eigenvalue weighted by Gasteiger charge is 2.06. The number of rotatable bonds is 4. The van der Waals surface area contributed by atoms with Crippen LogP contribution in [0.25, 0.3) is 0 Å². The summed E-state index contributed by atoms with van der Waals surface area (Å²) < 4.78 is 3.20. The van der Waals surface area contributed by atoms with Crippen molar-refractivity contribution < 1.29 is 0 Å². The van der Waals surface area contributed by atoms with Crippen LogP contribution < -0.4 is 3.53 Å². The van der Waals surface area contributed by atoms with Crippen LogP contribution in [0.2, 0.25) is 0 Å². The van der Waals surface area contributed by atoms with Crippen molar-refractivity contribution in [1.29, 1.82) is 0 Å². The molecule has 0 aromatic carbocycles. The second kappa shape index (κ2) is 5.44. The van der Waals surface area contributed by atoms with Crippen molar-refractivity contribution in [3.8, 4) is 0 Å². The number of hydrogen-bond acceptors (Lipinski definition) is 2. The fraction of sp³-hybridized carbons (Fsp3) is 1.00. The third kappa shape index (κ3) is 3.37. The molecule has 9 heavy (non-hydrogen) atoms. The Morgan fingerprint density at radius 1 is 1.56 bits per heavy atom. The molecule has 0 saturated carbocycles. The molecule has 3 heteroatoms. The summed E-state index contributed by atoms with van der Waals surface area (Å²) in [6, 6.07) is 0. The molecule has 0 rings (SSSR count). The lowest BCUT2D eigenvalue weighted by molar-refractivity contribution is 0.244. The maximum atomic E-state index is 3.20. The Balaban J connectivity index is 3.50. The van der Waals surface area contributed by atoms with Crippen LogP contribution in [-0.4, -0.2) is 24.7 Å². The van der Waals surface area contributed by atoms with Crippen molar-refractivity contribution in [3.63, 3.8) is 0 Å². The molecule has 0 radical (unpaired) electrons. The Bertz CT molecular complexity index is 64.1. The second-order valence-corrected chi connectivity index (χ2v) is 2.73. The molecule has 0 bridgehead atoms. The molecule has 0 heterocycles. The van der Waals surface area contributed by atoms with E-state index in [0.29, 0.717) is 6.17 Å². The number of nitrogens with zero attached hydrogens (tertiary/aromatic N) is 1. The zero-order chi connectivity index (χ0) is 7.28. The van der Waals surface area contributed by atoms with Gasteiger partial charge in [-0.25, -0.2) is 3.53 Å². The fourth-order valence-electron chi connectivity index (χ4n) is 0.693. The first-order chi connectivity index (χ1) is 4.26. The van der Waals surface area contributed by atoms with Gasteiger partial charge in [0.2, 0.25) is 0 Å². The summed E-state index contributed by atoms with van der Waals surface area (Å²) in [5.41, 5.74) is 0. The Kier molecular flexibility index (Phi) is 5.83. The highest BCUT2D eigenvalue weighted by Crippen LogP contribution is 1.97. The van der Waals surface area contributed by atoms with Crippen LogP contribution in [0.5, 0.6) is 0 Å². The van der Waals surface area contributed by atoms with Crippen LogP contribution in [0.4, 0.5) is 0 Å². The zero-order valence-electron chi connectivity index (χ0n) is 6.32. The Labute approximate surface area is 71.5 Å². The molecule has 0 aliphatic heterocycles. The van der Waals surface area contributed by atoms with Gasteiger partial charge in [0.1, 0.15) is 0 Å². The quantitative estimate of drug-likeness (QED) is 0.457. The standard InChI is InChI=1S/C6H15IN2/c1-4-6(8-7)9(3)5-2/h6,8H,4-5H2,1-3H3. The van der Waals surface area contributed by atoms with Crippen LogP contribution in [0.3, 0.4) is 0 Å². The van der Waals surface area contributed by atoms with Gasteiger partial charge in [-0.1, -0.05) is 13.8 Å². The van der Waals surface area contributed by atoms with E-state index >= 15 is 0 Å². The van der Waals surface area contributed by atoms with Crippen LogP contribution in [0.15, 0.2) is 0 Å². The van der Waals surface area contributed by atoms with Gasteiger partial charge in [0.05, 0.1) is 6.17 Å². The number of nitrogens with one attached hydrogen (secondary N) is 1. The molecule has 1 N–H and O–H groups in total. The van der Waals surface area contributed by atoms with Crippen molar-refractivity contribution in [2.45, 2.75) is 26.4 Å². The third-order valence-corrected chi connectivity index (χ3v) is 2.26. The van der Waals surface area contributed by atoms with Crippen molar-refractivity contribution in [3.05, 3.63) is 0 Å². The van der Waals surface area contributed by atoms with Gasteiger partial charge in [-0.05, 0) is 20.0 Å². The number of halogens is 1. The molecule has 56 valence electrons. The molecular formula is C6H15IN2. The van der Waals surface area contributed by atoms with E-state index < -0.39 is 0 Å². The van der Waals surface area contributed by atoms with E-state index in [-0.39, 0.29) is 0 Å². The topological polar surface area (TPSA) is 15.3 Å². The maximum Gasteiger partial charge on any atom is 0.0679 e.